The molecule has 0 aliphatic carbocycles. The van der Waals surface area contributed by atoms with Gasteiger partial charge in [-0.1, -0.05) is 30.5 Å². The van der Waals surface area contributed by atoms with Gasteiger partial charge in [0.2, 0.25) is 5.91 Å². The second kappa shape index (κ2) is 8.22. The first kappa shape index (κ1) is 18.5. The lowest BCUT2D eigenvalue weighted by Crippen LogP contribution is -2.41. The van der Waals surface area contributed by atoms with Crippen molar-refractivity contribution in [3.63, 3.8) is 0 Å². The fraction of sp³-hybridized carbons (Fsp3) is 0.400. The first-order chi connectivity index (χ1) is 10.1. The quantitative estimate of drug-likeness (QED) is 0.845. The largest absolute Gasteiger partial charge is 0.329 e. The molecule has 5 nitrogen and oxygen atoms in total. The predicted octanol–water partition coefficient (Wildman–Crippen LogP) is 3.33. The summed E-state index contributed by atoms with van der Waals surface area (Å²) >= 11 is 1.32. The minimum absolute atomic E-state index is 0. The fourth-order valence-electron chi connectivity index (χ4n) is 2.23. The third kappa shape index (κ3) is 3.82. The monoisotopic (exact) mass is 340 g/mol. The van der Waals surface area contributed by atoms with E-state index in [1.165, 1.54) is 11.5 Å². The number of nitrogens with zero attached hydrogens (tertiary/aromatic N) is 2. The van der Waals surface area contributed by atoms with Gasteiger partial charge in [0, 0.05) is 23.2 Å². The topological polar surface area (TPSA) is 80.9 Å². The van der Waals surface area contributed by atoms with Crippen LogP contribution in [0.3, 0.4) is 0 Å². The van der Waals surface area contributed by atoms with Crippen molar-refractivity contribution in [2.24, 2.45) is 11.1 Å². The smallest absolute Gasteiger partial charge is 0.231 e. The summed E-state index contributed by atoms with van der Waals surface area (Å²) in [4.78, 5) is 12.4. The minimum Gasteiger partial charge on any atom is -0.329 e. The molecular weight excluding hydrogens is 320 g/mol. The highest BCUT2D eigenvalue weighted by molar-refractivity contribution is 7.03. The summed E-state index contributed by atoms with van der Waals surface area (Å²) in [6.07, 6.45) is 1.46. The highest BCUT2D eigenvalue weighted by Crippen LogP contribution is 2.27. The highest BCUT2D eigenvalue weighted by Gasteiger charge is 2.33. The number of carbonyl (C=O) groups is 1. The normalized spacial score (nSPS) is 10.9. The molecule has 0 spiro atoms. The molecule has 0 saturated heterocycles. The molecule has 1 amide bonds. The van der Waals surface area contributed by atoms with E-state index in [-0.39, 0.29) is 18.3 Å². The molecule has 1 aromatic heterocycles. The fourth-order valence-corrected chi connectivity index (χ4v) is 2.70. The minimum atomic E-state index is -0.489. The van der Waals surface area contributed by atoms with Crippen LogP contribution in [0.2, 0.25) is 0 Å². The number of halogens is 1. The van der Waals surface area contributed by atoms with Crippen LogP contribution in [0.4, 0.5) is 5.69 Å². The van der Waals surface area contributed by atoms with E-state index in [2.05, 4.69) is 14.9 Å². The van der Waals surface area contributed by atoms with Gasteiger partial charge in [0.25, 0.3) is 0 Å². The second-order valence-corrected chi connectivity index (χ2v) is 5.62. The zero-order chi connectivity index (χ0) is 15.3. The van der Waals surface area contributed by atoms with Crippen LogP contribution in [0.25, 0.3) is 11.3 Å². The Morgan fingerprint density at radius 2 is 1.91 bits per heavy atom. The number of carbonyl (C=O) groups excluding carboxylic acids is 1. The highest BCUT2D eigenvalue weighted by atomic mass is 35.5. The molecule has 0 aliphatic heterocycles. The molecule has 0 aliphatic rings. The van der Waals surface area contributed by atoms with Gasteiger partial charge < -0.3 is 11.1 Å². The van der Waals surface area contributed by atoms with E-state index < -0.39 is 5.41 Å². The third-order valence-electron chi connectivity index (χ3n) is 4.02. The molecule has 0 unspecified atom stereocenters. The number of rotatable bonds is 6. The zero-order valence-corrected chi connectivity index (χ0v) is 14.3. The van der Waals surface area contributed by atoms with E-state index in [1.807, 2.05) is 43.5 Å². The van der Waals surface area contributed by atoms with Crippen LogP contribution in [-0.4, -0.2) is 22.0 Å². The van der Waals surface area contributed by atoms with Crippen LogP contribution in [-0.2, 0) is 4.79 Å². The zero-order valence-electron chi connectivity index (χ0n) is 12.7. The molecule has 0 fully saturated rings. The molecule has 3 N–H and O–H groups in total. The van der Waals surface area contributed by atoms with Crippen LogP contribution in [0.15, 0.2) is 29.6 Å². The van der Waals surface area contributed by atoms with E-state index in [9.17, 15) is 4.79 Å². The van der Waals surface area contributed by atoms with Crippen LogP contribution < -0.4 is 11.1 Å². The first-order valence-corrected chi connectivity index (χ1v) is 7.88. The van der Waals surface area contributed by atoms with Gasteiger partial charge in [0.15, 0.2) is 0 Å². The molecule has 2 rings (SSSR count). The number of nitrogens with two attached hydrogens (primary N) is 1. The number of nitrogens with one attached hydrogen (secondary N) is 1. The van der Waals surface area contributed by atoms with Crippen molar-refractivity contribution in [1.82, 2.24) is 9.59 Å². The van der Waals surface area contributed by atoms with E-state index >= 15 is 0 Å². The summed E-state index contributed by atoms with van der Waals surface area (Å²) in [6.45, 7) is 4.34. The number of amides is 1. The Kier molecular flexibility index (Phi) is 6.93. The van der Waals surface area contributed by atoms with Crippen molar-refractivity contribution in [3.05, 3.63) is 29.6 Å². The number of anilines is 1. The Labute approximate surface area is 140 Å². The Bertz CT molecular complexity index is 574. The third-order valence-corrected chi connectivity index (χ3v) is 4.53. The van der Waals surface area contributed by atoms with Crippen molar-refractivity contribution in [1.29, 1.82) is 0 Å². The van der Waals surface area contributed by atoms with E-state index in [0.717, 1.165) is 29.8 Å². The average Bonchev–Trinajstić information content (AvgIpc) is 3.05. The Hall–Kier alpha value is -1.50. The number of hydrogen-bond acceptors (Lipinski definition) is 5. The van der Waals surface area contributed by atoms with Gasteiger partial charge in [-0.2, -0.15) is 0 Å². The number of hydrogen-bond donors (Lipinski definition) is 2. The van der Waals surface area contributed by atoms with Gasteiger partial charge >= 0.3 is 0 Å². The Morgan fingerprint density at radius 1 is 1.27 bits per heavy atom. The van der Waals surface area contributed by atoms with Crippen LogP contribution in [0.1, 0.15) is 26.7 Å². The molecule has 2 aromatic rings. The average molecular weight is 341 g/mol. The molecule has 120 valence electrons. The van der Waals surface area contributed by atoms with E-state index in [1.54, 1.807) is 0 Å². The summed E-state index contributed by atoms with van der Waals surface area (Å²) in [5.41, 5.74) is 7.91. The van der Waals surface area contributed by atoms with Gasteiger partial charge in [-0.3, -0.25) is 4.79 Å². The lowest BCUT2D eigenvalue weighted by atomic mass is 9.81. The first-order valence-electron chi connectivity index (χ1n) is 7.04. The molecule has 0 saturated carbocycles. The lowest BCUT2D eigenvalue weighted by molar-refractivity contribution is -0.125. The van der Waals surface area contributed by atoms with Crippen molar-refractivity contribution in [3.8, 4) is 11.3 Å². The molecule has 22 heavy (non-hydrogen) atoms. The SMILES string of the molecule is CCC(CC)(CN)C(=O)Nc1ccc(-c2csnn2)cc1.Cl. The van der Waals surface area contributed by atoms with E-state index in [0.29, 0.717) is 6.54 Å². The molecule has 7 heteroatoms. The standard InChI is InChI=1S/C15H20N4OS.ClH/c1-3-15(4-2,10-16)14(20)17-12-7-5-11(6-8-12)13-9-21-19-18-13;/h5-9H,3-4,10,16H2,1-2H3,(H,17,20);1H. The second-order valence-electron chi connectivity index (χ2n) is 5.01. The van der Waals surface area contributed by atoms with Gasteiger partial charge in [-0.25, -0.2) is 0 Å². The summed E-state index contributed by atoms with van der Waals surface area (Å²) in [5.74, 6) is -0.0157. The molecule has 0 radical (unpaired) electrons. The van der Waals surface area contributed by atoms with Gasteiger partial charge in [0.05, 0.1) is 5.41 Å². The maximum Gasteiger partial charge on any atom is 0.231 e. The predicted molar refractivity (Wildman–Crippen MR) is 93.3 cm³/mol. The van der Waals surface area contributed by atoms with Crippen LogP contribution in [0, 0.1) is 5.41 Å². The number of aromatic nitrogens is 2. The van der Waals surface area contributed by atoms with Crippen molar-refractivity contribution >= 4 is 35.5 Å². The van der Waals surface area contributed by atoms with E-state index in [4.69, 9.17) is 5.73 Å². The molecule has 0 atom stereocenters. The van der Waals surface area contributed by atoms with Crippen LogP contribution in [0.5, 0.6) is 0 Å². The Morgan fingerprint density at radius 3 is 2.36 bits per heavy atom. The molecule has 0 bridgehead atoms. The lowest BCUT2D eigenvalue weighted by Gasteiger charge is -2.28. The molecule has 1 aromatic carbocycles. The summed E-state index contributed by atoms with van der Waals surface area (Å²) < 4.78 is 3.84. The van der Waals surface area contributed by atoms with Crippen molar-refractivity contribution in [2.75, 3.05) is 11.9 Å². The summed E-state index contributed by atoms with van der Waals surface area (Å²) in [7, 11) is 0. The van der Waals surface area contributed by atoms with Crippen molar-refractivity contribution < 1.29 is 4.79 Å². The van der Waals surface area contributed by atoms with Gasteiger partial charge in [-0.15, -0.1) is 17.5 Å². The maximum absolute atomic E-state index is 12.4. The molecular formula is C15H21ClN4OS. The van der Waals surface area contributed by atoms with Gasteiger partial charge in [0.1, 0.15) is 5.69 Å². The maximum atomic E-state index is 12.4. The number of benzene rings is 1. The van der Waals surface area contributed by atoms with Crippen molar-refractivity contribution in [2.45, 2.75) is 26.7 Å². The Balaban J connectivity index is 0.00000242. The summed E-state index contributed by atoms with van der Waals surface area (Å²) in [6, 6.07) is 7.60. The summed E-state index contributed by atoms with van der Waals surface area (Å²) in [5, 5.41) is 8.87. The van der Waals surface area contributed by atoms with Crippen LogP contribution >= 0.6 is 23.9 Å². The molecule has 1 heterocycles. The van der Waals surface area contributed by atoms with Gasteiger partial charge in [-0.05, 0) is 36.5 Å².